The van der Waals surface area contributed by atoms with Crippen LogP contribution in [-0.2, 0) is 65.4 Å². The summed E-state index contributed by atoms with van der Waals surface area (Å²) < 4.78 is 68.3. The van der Waals surface area contributed by atoms with Gasteiger partial charge in [0.05, 0.1) is 26.4 Å². The highest BCUT2D eigenvalue weighted by atomic mass is 31.2. The van der Waals surface area contributed by atoms with E-state index in [1.165, 1.54) is 161 Å². The minimum Gasteiger partial charge on any atom is -0.462 e. The van der Waals surface area contributed by atoms with Gasteiger partial charge in [-0.05, 0) is 57.3 Å². The molecule has 0 saturated heterocycles. The van der Waals surface area contributed by atoms with Crippen molar-refractivity contribution in [1.29, 1.82) is 0 Å². The molecule has 0 amide bonds. The maximum atomic E-state index is 13.0. The molecule has 0 aromatic rings. The van der Waals surface area contributed by atoms with Crippen LogP contribution in [0.5, 0.6) is 0 Å². The molecule has 0 aliphatic heterocycles. The first-order chi connectivity index (χ1) is 44.5. The Kier molecular flexibility index (Phi) is 64.0. The van der Waals surface area contributed by atoms with Gasteiger partial charge in [0.1, 0.15) is 19.3 Å². The van der Waals surface area contributed by atoms with E-state index in [9.17, 15) is 43.2 Å². The van der Waals surface area contributed by atoms with Gasteiger partial charge >= 0.3 is 39.5 Å². The molecule has 0 aromatic heterocycles. The van der Waals surface area contributed by atoms with Crippen LogP contribution in [0.1, 0.15) is 356 Å². The van der Waals surface area contributed by atoms with Crippen molar-refractivity contribution in [3.8, 4) is 0 Å². The molecular weight excluding hydrogens is 1210 g/mol. The van der Waals surface area contributed by atoms with E-state index in [2.05, 4.69) is 58.9 Å². The van der Waals surface area contributed by atoms with Gasteiger partial charge in [0.15, 0.2) is 12.2 Å². The maximum Gasteiger partial charge on any atom is 0.472 e. The molecule has 0 rings (SSSR count). The lowest BCUT2D eigenvalue weighted by atomic mass is 10.0. The number of carbonyl (C=O) groups is 4. The highest BCUT2D eigenvalue weighted by molar-refractivity contribution is 7.47. The van der Waals surface area contributed by atoms with Crippen LogP contribution < -0.4 is 0 Å². The lowest BCUT2D eigenvalue weighted by Gasteiger charge is -2.21. The molecule has 0 aromatic carbocycles. The number of unbranched alkanes of at least 4 members (excludes halogenated alkanes) is 40. The first-order valence-electron chi connectivity index (χ1n) is 37.5. The molecule has 542 valence electrons. The van der Waals surface area contributed by atoms with Crippen LogP contribution in [-0.4, -0.2) is 96.7 Å². The fraction of sp³-hybridized carbons (Fsp3) is 0.890. The first-order valence-corrected chi connectivity index (χ1v) is 40.4. The van der Waals surface area contributed by atoms with Gasteiger partial charge in [-0.15, -0.1) is 0 Å². The zero-order chi connectivity index (χ0) is 67.7. The lowest BCUT2D eigenvalue weighted by Crippen LogP contribution is -2.30. The number of phosphoric ester groups is 2. The molecule has 0 heterocycles. The molecule has 0 bridgehead atoms. The van der Waals surface area contributed by atoms with Gasteiger partial charge < -0.3 is 33.8 Å². The fourth-order valence-electron chi connectivity index (χ4n) is 10.6. The van der Waals surface area contributed by atoms with Crippen molar-refractivity contribution in [3.63, 3.8) is 0 Å². The monoisotopic (exact) mass is 1350 g/mol. The molecule has 0 saturated carbocycles. The number of aliphatic hydroxyl groups is 1. The summed E-state index contributed by atoms with van der Waals surface area (Å²) >= 11 is 0. The number of rotatable bonds is 71. The maximum absolute atomic E-state index is 13.0. The molecule has 19 heteroatoms. The van der Waals surface area contributed by atoms with Crippen molar-refractivity contribution in [2.45, 2.75) is 374 Å². The van der Waals surface area contributed by atoms with Crippen molar-refractivity contribution in [2.75, 3.05) is 39.6 Å². The number of phosphoric acid groups is 2. The Labute approximate surface area is 561 Å². The van der Waals surface area contributed by atoms with E-state index >= 15 is 0 Å². The summed E-state index contributed by atoms with van der Waals surface area (Å²) in [6.45, 7) is 7.20. The summed E-state index contributed by atoms with van der Waals surface area (Å²) in [4.78, 5) is 72.5. The van der Waals surface area contributed by atoms with Crippen molar-refractivity contribution in [1.82, 2.24) is 0 Å². The molecule has 3 N–H and O–H groups in total. The second-order valence-electron chi connectivity index (χ2n) is 26.1. The molecule has 5 atom stereocenters. The zero-order valence-electron chi connectivity index (χ0n) is 59.2. The third-order valence-electron chi connectivity index (χ3n) is 16.4. The Bertz CT molecular complexity index is 1860. The van der Waals surface area contributed by atoms with Crippen molar-refractivity contribution < 1.29 is 80.2 Å². The summed E-state index contributed by atoms with van der Waals surface area (Å²) in [6.07, 6.45) is 56.3. The van der Waals surface area contributed by atoms with Crippen LogP contribution in [0, 0.1) is 5.92 Å². The van der Waals surface area contributed by atoms with E-state index in [1.807, 2.05) is 0 Å². The van der Waals surface area contributed by atoms with Crippen LogP contribution in [0.15, 0.2) is 24.3 Å². The molecule has 92 heavy (non-hydrogen) atoms. The number of hydrogen-bond acceptors (Lipinski definition) is 15. The average Bonchev–Trinajstić information content (AvgIpc) is 3.09. The molecule has 0 aliphatic rings. The summed E-state index contributed by atoms with van der Waals surface area (Å²) in [5, 5.41) is 10.6. The number of carbonyl (C=O) groups excluding carboxylic acids is 4. The molecule has 0 aliphatic carbocycles. The van der Waals surface area contributed by atoms with E-state index < -0.39 is 97.5 Å². The molecule has 0 fully saturated rings. The van der Waals surface area contributed by atoms with Gasteiger partial charge in [-0.3, -0.25) is 37.3 Å². The Morgan fingerprint density at radius 3 is 0.891 bits per heavy atom. The first kappa shape index (κ1) is 89.5. The Balaban J connectivity index is 5.25. The number of hydrogen-bond donors (Lipinski definition) is 3. The molecular formula is C73H138O17P2. The van der Waals surface area contributed by atoms with Crippen LogP contribution in [0.4, 0.5) is 0 Å². The topological polar surface area (TPSA) is 237 Å². The van der Waals surface area contributed by atoms with E-state index in [0.29, 0.717) is 25.7 Å². The van der Waals surface area contributed by atoms with Crippen molar-refractivity contribution in [2.24, 2.45) is 5.92 Å². The molecule has 17 nitrogen and oxygen atoms in total. The summed E-state index contributed by atoms with van der Waals surface area (Å²) in [5.41, 5.74) is 0. The number of aliphatic hydroxyl groups excluding tert-OH is 1. The Hall–Kier alpha value is -2.46. The molecule has 0 spiro atoms. The van der Waals surface area contributed by atoms with E-state index in [0.717, 1.165) is 115 Å². The number of ether oxygens (including phenoxy) is 4. The van der Waals surface area contributed by atoms with Crippen molar-refractivity contribution in [3.05, 3.63) is 24.3 Å². The predicted molar refractivity (Wildman–Crippen MR) is 372 cm³/mol. The number of allylic oxidation sites excluding steroid dienone is 4. The summed E-state index contributed by atoms with van der Waals surface area (Å²) in [7, 11) is -9.91. The highest BCUT2D eigenvalue weighted by Gasteiger charge is 2.30. The van der Waals surface area contributed by atoms with Crippen LogP contribution in [0.2, 0.25) is 0 Å². The minimum atomic E-state index is -4.96. The summed E-state index contributed by atoms with van der Waals surface area (Å²) in [6, 6.07) is 0. The lowest BCUT2D eigenvalue weighted by molar-refractivity contribution is -0.161. The number of esters is 4. The normalized spacial score (nSPS) is 14.2. The van der Waals surface area contributed by atoms with Gasteiger partial charge in [-0.1, -0.05) is 303 Å². The summed E-state index contributed by atoms with van der Waals surface area (Å²) in [5.74, 6) is -1.35. The van der Waals surface area contributed by atoms with Gasteiger partial charge in [0.25, 0.3) is 0 Å². The Morgan fingerprint density at radius 1 is 0.337 bits per heavy atom. The third-order valence-corrected chi connectivity index (χ3v) is 18.3. The van der Waals surface area contributed by atoms with E-state index in [-0.39, 0.29) is 25.7 Å². The van der Waals surface area contributed by atoms with Crippen LogP contribution >= 0.6 is 15.6 Å². The van der Waals surface area contributed by atoms with Crippen molar-refractivity contribution >= 4 is 39.5 Å². The quantitative estimate of drug-likeness (QED) is 0.0169. The standard InChI is InChI=1S/C73H138O17P2/c1-6-9-12-15-18-21-23-24-26-30-33-38-42-47-52-57-71(76)84-63-69(90-73(78)59-54-49-44-39-34-31-28-25-27-29-32-36-40-45-50-55-66(4)5)65-88-92(81,82)86-61-67(74)60-85-91(79,80)87-64-68(62-83-70(75)56-51-46-41-35-20-17-14-11-8-3)89-72(77)58-53-48-43-37-22-19-16-13-10-7-2/h21,23-24,26,66-69,74H,6-20,22,25,27-65H2,1-5H3,(H,79,80)(H,81,82)/b23-21-,26-24-/t67-,68+,69+/m0/s1. The largest absolute Gasteiger partial charge is 0.472 e. The second kappa shape index (κ2) is 65.8. The third kappa shape index (κ3) is 66.2. The fourth-order valence-corrected chi connectivity index (χ4v) is 12.2. The Morgan fingerprint density at radius 2 is 0.587 bits per heavy atom. The van der Waals surface area contributed by atoms with E-state index in [4.69, 9.17) is 37.0 Å². The second-order valence-corrected chi connectivity index (χ2v) is 29.0. The van der Waals surface area contributed by atoms with Crippen LogP contribution in [0.25, 0.3) is 0 Å². The van der Waals surface area contributed by atoms with Gasteiger partial charge in [0.2, 0.25) is 0 Å². The average molecular weight is 1350 g/mol. The molecule has 2 unspecified atom stereocenters. The predicted octanol–water partition coefficient (Wildman–Crippen LogP) is 20.9. The smallest absolute Gasteiger partial charge is 0.462 e. The zero-order valence-corrected chi connectivity index (χ0v) is 61.0. The van der Waals surface area contributed by atoms with Gasteiger partial charge in [-0.2, -0.15) is 0 Å². The SMILES string of the molecule is CCCCCC/C=C\C=C/CCCCCCCC(=O)OC[C@H](COP(=O)(O)OC[C@@H](O)COP(=O)(O)OC[C@@H](COC(=O)CCCCCCCCCCC)OC(=O)CCCCCCCCCCCC)OC(=O)CCCCCCCCCCCCCCCCCC(C)C. The van der Waals surface area contributed by atoms with Gasteiger partial charge in [0, 0.05) is 25.7 Å². The molecule has 0 radical (unpaired) electrons. The minimum absolute atomic E-state index is 0.101. The highest BCUT2D eigenvalue weighted by Crippen LogP contribution is 2.45. The van der Waals surface area contributed by atoms with Crippen LogP contribution in [0.3, 0.4) is 0 Å². The van der Waals surface area contributed by atoms with Gasteiger partial charge in [-0.25, -0.2) is 9.13 Å². The van der Waals surface area contributed by atoms with E-state index in [1.54, 1.807) is 0 Å².